The predicted molar refractivity (Wildman–Crippen MR) is 55.7 cm³/mol. The minimum Gasteiger partial charge on any atom is -0.316 e. The van der Waals surface area contributed by atoms with E-state index >= 15 is 0 Å². The molecule has 78 valence electrons. The van der Waals surface area contributed by atoms with Crippen LogP contribution < -0.4 is 5.32 Å². The first-order valence-electron chi connectivity index (χ1n) is 5.64. The fraction of sp³-hybridized carbons (Fsp3) is 0.909. The molecule has 0 aliphatic carbocycles. The summed E-state index contributed by atoms with van der Waals surface area (Å²) in [7, 11) is 0. The molecule has 2 saturated heterocycles. The van der Waals surface area contributed by atoms with Crippen LogP contribution >= 0.6 is 0 Å². The molecular formula is C11H19N3. The molecule has 2 heterocycles. The molecule has 3 nitrogen and oxygen atoms in total. The molecule has 0 amide bonds. The minimum atomic E-state index is 0.135. The second-order valence-electron chi connectivity index (χ2n) is 4.57. The van der Waals surface area contributed by atoms with Crippen molar-refractivity contribution in [1.29, 1.82) is 5.26 Å². The maximum Gasteiger partial charge on any atom is 0.0977 e. The topological polar surface area (TPSA) is 39.1 Å². The lowest BCUT2D eigenvalue weighted by atomic mass is 9.95. The van der Waals surface area contributed by atoms with Gasteiger partial charge >= 0.3 is 0 Å². The highest BCUT2D eigenvalue weighted by atomic mass is 15.2. The number of likely N-dealkylation sites (tertiary alicyclic amines) is 1. The van der Waals surface area contributed by atoms with Gasteiger partial charge in [0.15, 0.2) is 0 Å². The zero-order valence-electron chi connectivity index (χ0n) is 9.03. The van der Waals surface area contributed by atoms with E-state index in [0.717, 1.165) is 37.9 Å². The van der Waals surface area contributed by atoms with Crippen molar-refractivity contribution in [3.63, 3.8) is 0 Å². The number of rotatable bonds is 2. The lowest BCUT2D eigenvalue weighted by Crippen LogP contribution is -2.40. The molecule has 2 fully saturated rings. The van der Waals surface area contributed by atoms with Gasteiger partial charge in [-0.05, 0) is 38.3 Å². The number of nitrogens with zero attached hydrogens (tertiary/aromatic N) is 2. The molecule has 0 aromatic heterocycles. The highest BCUT2D eigenvalue weighted by Gasteiger charge is 2.43. The molecule has 0 bridgehead atoms. The van der Waals surface area contributed by atoms with Crippen molar-refractivity contribution in [2.24, 2.45) is 11.8 Å². The zero-order valence-corrected chi connectivity index (χ0v) is 9.03. The molecular weight excluding hydrogens is 174 g/mol. The number of hydrogen-bond acceptors (Lipinski definition) is 3. The molecule has 2 aliphatic heterocycles. The molecule has 0 saturated carbocycles. The number of nitriles is 1. The fourth-order valence-corrected chi connectivity index (χ4v) is 3.01. The molecule has 1 N–H and O–H groups in total. The Labute approximate surface area is 86.1 Å². The van der Waals surface area contributed by atoms with E-state index in [1.165, 1.54) is 0 Å². The van der Waals surface area contributed by atoms with Gasteiger partial charge in [-0.15, -0.1) is 0 Å². The van der Waals surface area contributed by atoms with Crippen LogP contribution in [-0.4, -0.2) is 36.6 Å². The molecule has 2 rings (SSSR count). The van der Waals surface area contributed by atoms with E-state index in [2.05, 4.69) is 30.1 Å². The van der Waals surface area contributed by atoms with Gasteiger partial charge in [-0.3, -0.25) is 4.90 Å². The molecule has 0 aromatic rings. The average Bonchev–Trinajstić information content (AvgIpc) is 2.74. The van der Waals surface area contributed by atoms with Gasteiger partial charge in [0.05, 0.1) is 12.1 Å². The van der Waals surface area contributed by atoms with Crippen LogP contribution in [0, 0.1) is 23.2 Å². The Morgan fingerprint density at radius 3 is 2.93 bits per heavy atom. The second-order valence-corrected chi connectivity index (χ2v) is 4.57. The zero-order chi connectivity index (χ0) is 10.1. The summed E-state index contributed by atoms with van der Waals surface area (Å²) in [5.74, 6) is 1.56. The number of hydrogen-bond donors (Lipinski definition) is 1. The Morgan fingerprint density at radius 1 is 1.57 bits per heavy atom. The molecule has 0 spiro atoms. The van der Waals surface area contributed by atoms with E-state index in [4.69, 9.17) is 5.26 Å². The molecule has 14 heavy (non-hydrogen) atoms. The minimum absolute atomic E-state index is 0.135. The lowest BCUT2D eigenvalue weighted by molar-refractivity contribution is 0.200. The van der Waals surface area contributed by atoms with Crippen molar-refractivity contribution in [2.45, 2.75) is 32.4 Å². The molecule has 4 unspecified atom stereocenters. The van der Waals surface area contributed by atoms with Gasteiger partial charge in [0.25, 0.3) is 0 Å². The van der Waals surface area contributed by atoms with Crippen molar-refractivity contribution in [3.05, 3.63) is 0 Å². The van der Waals surface area contributed by atoms with Crippen molar-refractivity contribution < 1.29 is 0 Å². The Kier molecular flexibility index (Phi) is 2.76. The van der Waals surface area contributed by atoms with Gasteiger partial charge in [0.2, 0.25) is 0 Å². The Bertz CT molecular complexity index is 245. The van der Waals surface area contributed by atoms with Crippen LogP contribution in [0.15, 0.2) is 0 Å². The molecule has 3 heteroatoms. The summed E-state index contributed by atoms with van der Waals surface area (Å²) in [6, 6.07) is 3.14. The van der Waals surface area contributed by atoms with Crippen molar-refractivity contribution >= 4 is 0 Å². The Morgan fingerprint density at radius 2 is 2.36 bits per heavy atom. The first-order chi connectivity index (χ1) is 6.77. The van der Waals surface area contributed by atoms with E-state index < -0.39 is 0 Å². The van der Waals surface area contributed by atoms with Crippen LogP contribution in [0.2, 0.25) is 0 Å². The van der Waals surface area contributed by atoms with Crippen molar-refractivity contribution in [3.8, 4) is 6.07 Å². The van der Waals surface area contributed by atoms with Gasteiger partial charge in [0.1, 0.15) is 0 Å². The highest BCUT2D eigenvalue weighted by molar-refractivity contribution is 5.03. The summed E-state index contributed by atoms with van der Waals surface area (Å²) in [5.41, 5.74) is 0. The monoisotopic (exact) mass is 193 g/mol. The summed E-state index contributed by atoms with van der Waals surface area (Å²) in [6.07, 6.45) is 0.952. The fourth-order valence-electron chi connectivity index (χ4n) is 3.01. The summed E-state index contributed by atoms with van der Waals surface area (Å²) in [4.78, 5) is 2.40. The van der Waals surface area contributed by atoms with E-state index in [0.29, 0.717) is 6.04 Å². The van der Waals surface area contributed by atoms with Crippen LogP contribution in [0.1, 0.15) is 20.3 Å². The molecule has 0 radical (unpaired) electrons. The first-order valence-corrected chi connectivity index (χ1v) is 5.64. The largest absolute Gasteiger partial charge is 0.316 e. The average molecular weight is 193 g/mol. The summed E-state index contributed by atoms with van der Waals surface area (Å²) in [6.45, 7) is 7.78. The third-order valence-electron chi connectivity index (χ3n) is 3.92. The van der Waals surface area contributed by atoms with Crippen LogP contribution in [0.3, 0.4) is 0 Å². The summed E-state index contributed by atoms with van der Waals surface area (Å²) >= 11 is 0. The standard InChI is InChI=1S/C11H19N3/c1-3-10(4-12)14-7-9-5-13-6-11(9)8(14)2/h8-11,13H,3,5-7H2,1-2H3. The number of nitrogens with one attached hydrogen (secondary N) is 1. The van der Waals surface area contributed by atoms with Crippen LogP contribution in [0.25, 0.3) is 0 Å². The highest BCUT2D eigenvalue weighted by Crippen LogP contribution is 2.33. The summed E-state index contributed by atoms with van der Waals surface area (Å²) < 4.78 is 0. The van der Waals surface area contributed by atoms with E-state index in [9.17, 15) is 0 Å². The third-order valence-corrected chi connectivity index (χ3v) is 3.92. The first kappa shape index (κ1) is 9.95. The Hall–Kier alpha value is -0.590. The van der Waals surface area contributed by atoms with Gasteiger partial charge in [-0.1, -0.05) is 6.92 Å². The van der Waals surface area contributed by atoms with Crippen LogP contribution in [0.5, 0.6) is 0 Å². The van der Waals surface area contributed by atoms with Crippen LogP contribution in [0.4, 0.5) is 0 Å². The van der Waals surface area contributed by atoms with Gasteiger partial charge in [-0.2, -0.15) is 5.26 Å². The molecule has 0 aromatic carbocycles. The van der Waals surface area contributed by atoms with E-state index in [-0.39, 0.29) is 6.04 Å². The van der Waals surface area contributed by atoms with Crippen molar-refractivity contribution in [1.82, 2.24) is 10.2 Å². The molecule has 2 aliphatic rings. The maximum absolute atomic E-state index is 9.06. The SMILES string of the molecule is CCC(C#N)N1CC2CNCC2C1C. The van der Waals surface area contributed by atoms with E-state index in [1.54, 1.807) is 0 Å². The normalized spacial score (nSPS) is 39.4. The quantitative estimate of drug-likeness (QED) is 0.706. The smallest absolute Gasteiger partial charge is 0.0977 e. The Balaban J connectivity index is 2.06. The van der Waals surface area contributed by atoms with Crippen molar-refractivity contribution in [2.75, 3.05) is 19.6 Å². The third kappa shape index (κ3) is 1.43. The molecule has 4 atom stereocenters. The predicted octanol–water partition coefficient (Wildman–Crippen LogP) is 0.828. The van der Waals surface area contributed by atoms with Gasteiger partial charge in [-0.25, -0.2) is 0 Å². The summed E-state index contributed by atoms with van der Waals surface area (Å²) in [5, 5.41) is 12.5. The van der Waals surface area contributed by atoms with Crippen LogP contribution in [-0.2, 0) is 0 Å². The van der Waals surface area contributed by atoms with Gasteiger partial charge < -0.3 is 5.32 Å². The van der Waals surface area contributed by atoms with Gasteiger partial charge in [0, 0.05) is 12.6 Å². The van der Waals surface area contributed by atoms with E-state index in [1.807, 2.05) is 0 Å². The maximum atomic E-state index is 9.06. The number of fused-ring (bicyclic) bond motifs is 1. The second kappa shape index (κ2) is 3.88. The lowest BCUT2D eigenvalue weighted by Gasteiger charge is -2.27.